The number of nitrogens with one attached hydrogen (secondary N) is 1. The Bertz CT molecular complexity index is 551. The van der Waals surface area contributed by atoms with Crippen molar-refractivity contribution in [3.63, 3.8) is 0 Å². The van der Waals surface area contributed by atoms with Crippen molar-refractivity contribution in [3.8, 4) is 0 Å². The fourth-order valence-corrected chi connectivity index (χ4v) is 2.70. The fraction of sp³-hybridized carbons (Fsp3) is 0.538. The predicted octanol–water partition coefficient (Wildman–Crippen LogP) is 1.34. The standard InChI is InChI=1S/C13H18N4O/c1-2-10-5-14-12-11(10)13(16-8-15-12)17-4-3-9(6-17)7-18/h5,8-9,18H,2-4,6-7H2,1H3,(H,14,15,16)/t9-/m1/s1. The second-order valence-corrected chi connectivity index (χ2v) is 4.87. The van der Waals surface area contributed by atoms with Crippen molar-refractivity contribution in [1.29, 1.82) is 0 Å². The molecule has 0 bridgehead atoms. The van der Waals surface area contributed by atoms with Crippen LogP contribution in [-0.4, -0.2) is 39.8 Å². The van der Waals surface area contributed by atoms with E-state index in [1.807, 2.05) is 6.20 Å². The quantitative estimate of drug-likeness (QED) is 0.857. The minimum Gasteiger partial charge on any atom is -0.396 e. The molecule has 2 aromatic rings. The summed E-state index contributed by atoms with van der Waals surface area (Å²) < 4.78 is 0. The number of hydrogen-bond donors (Lipinski definition) is 2. The van der Waals surface area contributed by atoms with Crippen LogP contribution in [0.1, 0.15) is 18.9 Å². The lowest BCUT2D eigenvalue weighted by molar-refractivity contribution is 0.238. The molecule has 1 atom stereocenters. The van der Waals surface area contributed by atoms with Crippen LogP contribution in [0.25, 0.3) is 11.0 Å². The lowest BCUT2D eigenvalue weighted by Gasteiger charge is -2.18. The van der Waals surface area contributed by atoms with Gasteiger partial charge in [-0.25, -0.2) is 9.97 Å². The summed E-state index contributed by atoms with van der Waals surface area (Å²) in [5.41, 5.74) is 2.16. The van der Waals surface area contributed by atoms with Crippen molar-refractivity contribution in [1.82, 2.24) is 15.0 Å². The van der Waals surface area contributed by atoms with Crippen LogP contribution >= 0.6 is 0 Å². The first-order valence-electron chi connectivity index (χ1n) is 6.50. The Kier molecular flexibility index (Phi) is 2.91. The van der Waals surface area contributed by atoms with Crippen LogP contribution in [0.5, 0.6) is 0 Å². The number of aromatic nitrogens is 3. The summed E-state index contributed by atoms with van der Waals surface area (Å²) in [4.78, 5) is 14.2. The Balaban J connectivity index is 2.03. The molecule has 0 amide bonds. The van der Waals surface area contributed by atoms with Gasteiger partial charge in [-0.3, -0.25) is 0 Å². The van der Waals surface area contributed by atoms with Crippen LogP contribution in [0.3, 0.4) is 0 Å². The fourth-order valence-electron chi connectivity index (χ4n) is 2.70. The van der Waals surface area contributed by atoms with Gasteiger partial charge in [0.1, 0.15) is 17.8 Å². The Hall–Kier alpha value is -1.62. The predicted molar refractivity (Wildman–Crippen MR) is 70.7 cm³/mol. The number of aryl methyl sites for hydroxylation is 1. The van der Waals surface area contributed by atoms with Gasteiger partial charge in [-0.2, -0.15) is 0 Å². The van der Waals surface area contributed by atoms with Gasteiger partial charge in [0, 0.05) is 31.8 Å². The van der Waals surface area contributed by atoms with Crippen molar-refractivity contribution in [2.45, 2.75) is 19.8 Å². The monoisotopic (exact) mass is 246 g/mol. The lowest BCUT2D eigenvalue weighted by Crippen LogP contribution is -2.22. The van der Waals surface area contributed by atoms with Gasteiger partial charge in [0.25, 0.3) is 0 Å². The molecule has 5 heteroatoms. The number of aromatic amines is 1. The molecule has 0 radical (unpaired) electrons. The van der Waals surface area contributed by atoms with Crippen molar-refractivity contribution in [3.05, 3.63) is 18.1 Å². The van der Waals surface area contributed by atoms with Gasteiger partial charge in [-0.1, -0.05) is 6.92 Å². The highest BCUT2D eigenvalue weighted by molar-refractivity contribution is 5.90. The summed E-state index contributed by atoms with van der Waals surface area (Å²) in [6.45, 7) is 4.25. The summed E-state index contributed by atoms with van der Waals surface area (Å²) in [6, 6.07) is 0. The summed E-state index contributed by atoms with van der Waals surface area (Å²) in [5.74, 6) is 1.38. The third-order valence-corrected chi connectivity index (χ3v) is 3.76. The molecule has 0 aliphatic carbocycles. The first kappa shape index (κ1) is 11.5. The molecule has 2 N–H and O–H groups in total. The van der Waals surface area contributed by atoms with Gasteiger partial charge in [0.2, 0.25) is 0 Å². The topological polar surface area (TPSA) is 65.0 Å². The Morgan fingerprint density at radius 1 is 1.50 bits per heavy atom. The highest BCUT2D eigenvalue weighted by Crippen LogP contribution is 2.30. The van der Waals surface area contributed by atoms with E-state index in [0.29, 0.717) is 5.92 Å². The molecular formula is C13H18N4O. The average Bonchev–Trinajstić information content (AvgIpc) is 3.04. The zero-order chi connectivity index (χ0) is 12.5. The molecule has 1 saturated heterocycles. The molecule has 3 heterocycles. The number of aliphatic hydroxyl groups excluding tert-OH is 1. The molecule has 1 fully saturated rings. The molecule has 0 unspecified atom stereocenters. The van der Waals surface area contributed by atoms with E-state index in [0.717, 1.165) is 42.8 Å². The molecule has 0 spiro atoms. The largest absolute Gasteiger partial charge is 0.396 e. The second-order valence-electron chi connectivity index (χ2n) is 4.87. The maximum Gasteiger partial charge on any atom is 0.143 e. The van der Waals surface area contributed by atoms with E-state index in [2.05, 4.69) is 26.8 Å². The highest BCUT2D eigenvalue weighted by Gasteiger charge is 2.25. The summed E-state index contributed by atoms with van der Waals surface area (Å²) in [7, 11) is 0. The molecule has 1 aliphatic heterocycles. The molecule has 3 rings (SSSR count). The van der Waals surface area contributed by atoms with E-state index < -0.39 is 0 Å². The third kappa shape index (κ3) is 1.75. The molecule has 1 aliphatic rings. The summed E-state index contributed by atoms with van der Waals surface area (Å²) in [5, 5.41) is 10.4. The molecular weight excluding hydrogens is 228 g/mol. The lowest BCUT2D eigenvalue weighted by atomic mass is 10.1. The minimum atomic E-state index is 0.262. The number of nitrogens with zero attached hydrogens (tertiary/aromatic N) is 3. The molecule has 5 nitrogen and oxygen atoms in total. The van der Waals surface area contributed by atoms with Crippen molar-refractivity contribution in [2.24, 2.45) is 5.92 Å². The Labute approximate surface area is 106 Å². The highest BCUT2D eigenvalue weighted by atomic mass is 16.3. The average molecular weight is 246 g/mol. The summed E-state index contributed by atoms with van der Waals surface area (Å²) in [6.07, 6.45) is 5.63. The third-order valence-electron chi connectivity index (χ3n) is 3.76. The smallest absolute Gasteiger partial charge is 0.143 e. The van der Waals surface area contributed by atoms with Crippen LogP contribution in [0.2, 0.25) is 0 Å². The number of H-pyrrole nitrogens is 1. The first-order valence-corrected chi connectivity index (χ1v) is 6.50. The summed E-state index contributed by atoms with van der Waals surface area (Å²) >= 11 is 0. The van der Waals surface area contributed by atoms with Gasteiger partial charge in [-0.15, -0.1) is 0 Å². The van der Waals surface area contributed by atoms with E-state index >= 15 is 0 Å². The zero-order valence-corrected chi connectivity index (χ0v) is 10.6. The van der Waals surface area contributed by atoms with Gasteiger partial charge in [0.05, 0.1) is 5.39 Å². The normalized spacial score (nSPS) is 19.9. The maximum absolute atomic E-state index is 9.24. The molecule has 0 saturated carbocycles. The maximum atomic E-state index is 9.24. The molecule has 2 aromatic heterocycles. The second kappa shape index (κ2) is 4.57. The van der Waals surface area contributed by atoms with Crippen LogP contribution in [0, 0.1) is 5.92 Å². The van der Waals surface area contributed by atoms with E-state index in [9.17, 15) is 5.11 Å². The van der Waals surface area contributed by atoms with E-state index in [1.54, 1.807) is 6.33 Å². The molecule has 96 valence electrons. The number of rotatable bonds is 3. The van der Waals surface area contributed by atoms with E-state index in [-0.39, 0.29) is 6.61 Å². The van der Waals surface area contributed by atoms with Crippen molar-refractivity contribution >= 4 is 16.9 Å². The van der Waals surface area contributed by atoms with Crippen molar-refractivity contribution < 1.29 is 5.11 Å². The van der Waals surface area contributed by atoms with E-state index in [4.69, 9.17) is 0 Å². The van der Waals surface area contributed by atoms with Crippen molar-refractivity contribution in [2.75, 3.05) is 24.6 Å². The van der Waals surface area contributed by atoms with Gasteiger partial charge in [0.15, 0.2) is 0 Å². The minimum absolute atomic E-state index is 0.262. The molecule has 18 heavy (non-hydrogen) atoms. The first-order chi connectivity index (χ1) is 8.83. The van der Waals surface area contributed by atoms with Gasteiger partial charge < -0.3 is 15.0 Å². The van der Waals surface area contributed by atoms with Gasteiger partial charge >= 0.3 is 0 Å². The molecule has 0 aromatic carbocycles. The Morgan fingerprint density at radius 3 is 3.11 bits per heavy atom. The number of hydrogen-bond acceptors (Lipinski definition) is 4. The van der Waals surface area contributed by atoms with Crippen LogP contribution in [0.4, 0.5) is 5.82 Å². The van der Waals surface area contributed by atoms with E-state index in [1.165, 1.54) is 5.56 Å². The van der Waals surface area contributed by atoms with Crippen LogP contribution in [0.15, 0.2) is 12.5 Å². The van der Waals surface area contributed by atoms with Crippen LogP contribution in [-0.2, 0) is 6.42 Å². The zero-order valence-electron chi connectivity index (χ0n) is 10.6. The SMILES string of the molecule is CCc1c[nH]c2ncnc(N3CC[C@@H](CO)C3)c12. The number of fused-ring (bicyclic) bond motifs is 1. The Morgan fingerprint density at radius 2 is 2.39 bits per heavy atom. The van der Waals surface area contributed by atoms with Gasteiger partial charge in [-0.05, 0) is 18.4 Å². The number of anilines is 1. The number of aliphatic hydroxyl groups is 1. The van der Waals surface area contributed by atoms with Crippen LogP contribution < -0.4 is 4.90 Å².